The number of ether oxygens (including phenoxy) is 1. The zero-order chi connectivity index (χ0) is 15.1. The third kappa shape index (κ3) is 4.82. The monoisotopic (exact) mass is 309 g/mol. The maximum Gasteiger partial charge on any atom is 0.120 e. The summed E-state index contributed by atoms with van der Waals surface area (Å²) in [6.45, 7) is 3.07. The molecule has 0 saturated heterocycles. The molecule has 1 aromatic rings. The SMILES string of the molecule is CCNC(CS(=O)c1cccc(OC)c1)C1CCCCC1. The lowest BCUT2D eigenvalue weighted by Crippen LogP contribution is -2.41. The van der Waals surface area contributed by atoms with E-state index in [1.165, 1.54) is 32.1 Å². The number of hydrogen-bond acceptors (Lipinski definition) is 3. The largest absolute Gasteiger partial charge is 0.497 e. The maximum absolute atomic E-state index is 12.7. The van der Waals surface area contributed by atoms with Crippen LogP contribution in [0.2, 0.25) is 0 Å². The van der Waals surface area contributed by atoms with Crippen LogP contribution in [0.5, 0.6) is 5.75 Å². The van der Waals surface area contributed by atoms with E-state index in [1.54, 1.807) is 7.11 Å². The fourth-order valence-corrected chi connectivity index (χ4v) is 4.55. The van der Waals surface area contributed by atoms with Gasteiger partial charge in [0.2, 0.25) is 0 Å². The van der Waals surface area contributed by atoms with Gasteiger partial charge in [-0.1, -0.05) is 32.3 Å². The van der Waals surface area contributed by atoms with E-state index in [0.717, 1.165) is 17.2 Å². The highest BCUT2D eigenvalue weighted by molar-refractivity contribution is 7.85. The van der Waals surface area contributed by atoms with Crippen LogP contribution in [-0.2, 0) is 10.8 Å². The molecule has 0 heterocycles. The van der Waals surface area contributed by atoms with Crippen molar-refractivity contribution < 1.29 is 8.95 Å². The quantitative estimate of drug-likeness (QED) is 0.839. The molecule has 0 bridgehead atoms. The van der Waals surface area contributed by atoms with Crippen LogP contribution in [0.25, 0.3) is 0 Å². The fraction of sp³-hybridized carbons (Fsp3) is 0.647. The summed E-state index contributed by atoms with van der Waals surface area (Å²) in [5.41, 5.74) is 0. The lowest BCUT2D eigenvalue weighted by molar-refractivity contribution is 0.287. The van der Waals surface area contributed by atoms with Gasteiger partial charge in [-0.15, -0.1) is 0 Å². The van der Waals surface area contributed by atoms with Crippen molar-refractivity contribution in [2.45, 2.75) is 50.0 Å². The fourth-order valence-electron chi connectivity index (χ4n) is 3.16. The lowest BCUT2D eigenvalue weighted by atomic mass is 9.84. The van der Waals surface area contributed by atoms with Crippen LogP contribution in [0, 0.1) is 5.92 Å². The zero-order valence-corrected chi connectivity index (χ0v) is 14.0. The molecule has 0 aromatic heterocycles. The first-order valence-electron chi connectivity index (χ1n) is 8.00. The standard InChI is InChI=1S/C17H27NO2S/c1-3-18-17(14-8-5-4-6-9-14)13-21(19)16-11-7-10-15(12-16)20-2/h7,10-12,14,17-18H,3-6,8-9,13H2,1-2H3. The van der Waals surface area contributed by atoms with Gasteiger partial charge < -0.3 is 10.1 Å². The van der Waals surface area contributed by atoms with Gasteiger partial charge in [-0.2, -0.15) is 0 Å². The molecule has 118 valence electrons. The van der Waals surface area contributed by atoms with Crippen LogP contribution in [0.1, 0.15) is 39.0 Å². The molecule has 2 unspecified atom stereocenters. The molecule has 1 aromatic carbocycles. The number of rotatable bonds is 7. The van der Waals surface area contributed by atoms with E-state index in [9.17, 15) is 4.21 Å². The van der Waals surface area contributed by atoms with Gasteiger partial charge in [0.05, 0.1) is 17.9 Å². The molecule has 1 aliphatic rings. The number of nitrogens with one attached hydrogen (secondary N) is 1. The average molecular weight is 309 g/mol. The highest BCUT2D eigenvalue weighted by Gasteiger charge is 2.25. The Labute approximate surface area is 130 Å². The molecule has 0 spiro atoms. The smallest absolute Gasteiger partial charge is 0.120 e. The van der Waals surface area contributed by atoms with Crippen molar-refractivity contribution in [3.8, 4) is 5.75 Å². The topological polar surface area (TPSA) is 38.3 Å². The van der Waals surface area contributed by atoms with E-state index in [1.807, 2.05) is 24.3 Å². The molecular weight excluding hydrogens is 282 g/mol. The molecule has 2 atom stereocenters. The van der Waals surface area contributed by atoms with Gasteiger partial charge in [-0.05, 0) is 43.5 Å². The Hall–Kier alpha value is -0.870. The Morgan fingerprint density at radius 3 is 2.76 bits per heavy atom. The molecule has 0 amide bonds. The van der Waals surface area contributed by atoms with E-state index >= 15 is 0 Å². The molecular formula is C17H27NO2S. The second-order valence-electron chi connectivity index (χ2n) is 5.75. The van der Waals surface area contributed by atoms with E-state index in [4.69, 9.17) is 4.74 Å². The third-order valence-corrected chi connectivity index (χ3v) is 5.76. The molecule has 0 aliphatic heterocycles. The Morgan fingerprint density at radius 1 is 1.33 bits per heavy atom. The molecule has 0 radical (unpaired) electrons. The molecule has 1 N–H and O–H groups in total. The van der Waals surface area contributed by atoms with Crippen molar-refractivity contribution in [1.29, 1.82) is 0 Å². The minimum atomic E-state index is -0.971. The van der Waals surface area contributed by atoms with Gasteiger partial charge in [0.15, 0.2) is 0 Å². The van der Waals surface area contributed by atoms with Crippen molar-refractivity contribution in [1.82, 2.24) is 5.32 Å². The summed E-state index contributed by atoms with van der Waals surface area (Å²) >= 11 is 0. The molecule has 1 aliphatic carbocycles. The summed E-state index contributed by atoms with van der Waals surface area (Å²) in [7, 11) is 0.673. The molecule has 21 heavy (non-hydrogen) atoms. The van der Waals surface area contributed by atoms with Gasteiger partial charge in [0, 0.05) is 16.7 Å². The summed E-state index contributed by atoms with van der Waals surface area (Å²) in [5.74, 6) is 2.15. The van der Waals surface area contributed by atoms with Crippen LogP contribution >= 0.6 is 0 Å². The van der Waals surface area contributed by atoms with Gasteiger partial charge in [0.25, 0.3) is 0 Å². The summed E-state index contributed by atoms with van der Waals surface area (Å²) < 4.78 is 17.9. The Balaban J connectivity index is 2.02. The summed E-state index contributed by atoms with van der Waals surface area (Å²) in [6.07, 6.45) is 6.53. The van der Waals surface area contributed by atoms with E-state index in [-0.39, 0.29) is 0 Å². The van der Waals surface area contributed by atoms with Gasteiger partial charge in [0.1, 0.15) is 5.75 Å². The molecule has 1 saturated carbocycles. The van der Waals surface area contributed by atoms with Gasteiger partial charge in [-0.3, -0.25) is 4.21 Å². The van der Waals surface area contributed by atoms with Crippen LogP contribution in [0.3, 0.4) is 0 Å². The Kier molecular flexibility index (Phi) is 6.71. The first-order valence-corrected chi connectivity index (χ1v) is 9.32. The first kappa shape index (κ1) is 16.5. The molecule has 4 heteroatoms. The predicted octanol–water partition coefficient (Wildman–Crippen LogP) is 3.36. The normalized spacial score (nSPS) is 19.1. The lowest BCUT2D eigenvalue weighted by Gasteiger charge is -2.30. The van der Waals surface area contributed by atoms with Crippen LogP contribution in [-0.4, -0.2) is 29.7 Å². The number of methoxy groups -OCH3 is 1. The van der Waals surface area contributed by atoms with Crippen LogP contribution in [0.15, 0.2) is 29.2 Å². The van der Waals surface area contributed by atoms with Gasteiger partial charge in [-0.25, -0.2) is 0 Å². The minimum absolute atomic E-state index is 0.363. The molecule has 2 rings (SSSR count). The van der Waals surface area contributed by atoms with Gasteiger partial charge >= 0.3 is 0 Å². The van der Waals surface area contributed by atoms with Crippen molar-refractivity contribution in [2.75, 3.05) is 19.4 Å². The zero-order valence-electron chi connectivity index (χ0n) is 13.1. The number of benzene rings is 1. The van der Waals surface area contributed by atoms with Crippen molar-refractivity contribution >= 4 is 10.8 Å². The van der Waals surface area contributed by atoms with Crippen LogP contribution < -0.4 is 10.1 Å². The van der Waals surface area contributed by atoms with E-state index in [2.05, 4.69) is 12.2 Å². The highest BCUT2D eigenvalue weighted by Crippen LogP contribution is 2.27. The summed E-state index contributed by atoms with van der Waals surface area (Å²) in [5, 5.41) is 3.56. The molecule has 1 fully saturated rings. The van der Waals surface area contributed by atoms with E-state index < -0.39 is 10.8 Å². The average Bonchev–Trinajstić information content (AvgIpc) is 2.55. The van der Waals surface area contributed by atoms with E-state index in [0.29, 0.717) is 17.7 Å². The van der Waals surface area contributed by atoms with Crippen molar-refractivity contribution in [3.63, 3.8) is 0 Å². The van der Waals surface area contributed by atoms with Crippen LogP contribution in [0.4, 0.5) is 0 Å². The molecule has 3 nitrogen and oxygen atoms in total. The minimum Gasteiger partial charge on any atom is -0.497 e. The summed E-state index contributed by atoms with van der Waals surface area (Å²) in [4.78, 5) is 0.869. The highest BCUT2D eigenvalue weighted by atomic mass is 32.2. The van der Waals surface area contributed by atoms with Crippen molar-refractivity contribution in [3.05, 3.63) is 24.3 Å². The summed E-state index contributed by atoms with van der Waals surface area (Å²) in [6, 6.07) is 7.99. The first-order chi connectivity index (χ1) is 10.2. The maximum atomic E-state index is 12.7. The predicted molar refractivity (Wildman–Crippen MR) is 88.3 cm³/mol. The Morgan fingerprint density at radius 2 is 2.10 bits per heavy atom. The third-order valence-electron chi connectivity index (χ3n) is 4.32. The number of hydrogen-bond donors (Lipinski definition) is 1. The van der Waals surface area contributed by atoms with Crippen molar-refractivity contribution in [2.24, 2.45) is 5.92 Å². The Bertz CT molecular complexity index is 458. The second kappa shape index (κ2) is 8.54. The second-order valence-corrected chi connectivity index (χ2v) is 7.25.